The van der Waals surface area contributed by atoms with Crippen LogP contribution in [-0.4, -0.2) is 30.4 Å². The van der Waals surface area contributed by atoms with Crippen molar-refractivity contribution < 1.29 is 13.2 Å². The van der Waals surface area contributed by atoms with Crippen molar-refractivity contribution in [3.63, 3.8) is 0 Å². The first-order chi connectivity index (χ1) is 15.7. The SMILES string of the molecule is C=CC[C@](Sc1ccccc1)(C(=O)N1[C@@H]2C[C@H]3CC[C@]2(CS1(=O)=O)C3(C)C)c1ccccc1. The fourth-order valence-electron chi connectivity index (χ4n) is 6.81. The molecule has 2 aliphatic carbocycles. The number of benzene rings is 2. The zero-order chi connectivity index (χ0) is 23.5. The maximum Gasteiger partial charge on any atom is 0.257 e. The molecule has 0 aromatic heterocycles. The molecule has 2 saturated carbocycles. The van der Waals surface area contributed by atoms with Crippen LogP contribution in [0.15, 0.2) is 78.2 Å². The number of sulfonamides is 1. The molecule has 2 aromatic carbocycles. The number of allylic oxidation sites excluding steroid dienone is 1. The van der Waals surface area contributed by atoms with Gasteiger partial charge in [0, 0.05) is 10.3 Å². The van der Waals surface area contributed by atoms with Gasteiger partial charge in [0.25, 0.3) is 5.91 Å². The summed E-state index contributed by atoms with van der Waals surface area (Å²) in [5, 5.41) is 0. The predicted octanol–water partition coefficient (Wildman–Crippen LogP) is 5.62. The quantitative estimate of drug-likeness (QED) is 0.397. The van der Waals surface area contributed by atoms with Crippen LogP contribution in [-0.2, 0) is 19.6 Å². The summed E-state index contributed by atoms with van der Waals surface area (Å²) in [6, 6.07) is 19.1. The van der Waals surface area contributed by atoms with E-state index in [-0.39, 0.29) is 28.5 Å². The van der Waals surface area contributed by atoms with Crippen molar-refractivity contribution in [3.05, 3.63) is 78.9 Å². The minimum Gasteiger partial charge on any atom is -0.272 e. The van der Waals surface area contributed by atoms with Gasteiger partial charge >= 0.3 is 0 Å². The molecule has 0 unspecified atom stereocenters. The first kappa shape index (κ1) is 22.7. The molecule has 1 spiro atoms. The Balaban J connectivity index is 1.66. The lowest BCUT2D eigenvalue weighted by molar-refractivity contribution is -0.131. The van der Waals surface area contributed by atoms with Crippen molar-refractivity contribution in [3.8, 4) is 0 Å². The summed E-state index contributed by atoms with van der Waals surface area (Å²) in [7, 11) is -3.73. The van der Waals surface area contributed by atoms with E-state index in [4.69, 9.17) is 0 Å². The van der Waals surface area contributed by atoms with Crippen molar-refractivity contribution in [2.45, 2.75) is 55.2 Å². The topological polar surface area (TPSA) is 54.5 Å². The molecule has 1 saturated heterocycles. The number of rotatable bonds is 6. The normalized spacial score (nSPS) is 30.5. The minimum atomic E-state index is -3.73. The number of fused-ring (bicyclic) bond motifs is 1. The van der Waals surface area contributed by atoms with E-state index >= 15 is 0 Å². The van der Waals surface area contributed by atoms with Crippen LogP contribution in [0.5, 0.6) is 0 Å². The van der Waals surface area contributed by atoms with Crippen LogP contribution >= 0.6 is 11.8 Å². The van der Waals surface area contributed by atoms with Gasteiger partial charge in [-0.05, 0) is 54.7 Å². The predicted molar refractivity (Wildman–Crippen MR) is 133 cm³/mol. The molecule has 174 valence electrons. The van der Waals surface area contributed by atoms with Crippen LogP contribution in [0.2, 0.25) is 0 Å². The summed E-state index contributed by atoms with van der Waals surface area (Å²) in [5.41, 5.74) is 0.378. The maximum atomic E-state index is 14.6. The van der Waals surface area contributed by atoms with Crippen LogP contribution in [0.3, 0.4) is 0 Å². The van der Waals surface area contributed by atoms with E-state index in [1.165, 1.54) is 16.1 Å². The number of carbonyl (C=O) groups excluding carboxylic acids is 1. The molecule has 3 aliphatic rings. The van der Waals surface area contributed by atoms with Gasteiger partial charge in [0.1, 0.15) is 4.75 Å². The fourth-order valence-corrected chi connectivity index (χ4v) is 10.8. The Morgan fingerprint density at radius 1 is 1.15 bits per heavy atom. The van der Waals surface area contributed by atoms with Gasteiger partial charge < -0.3 is 0 Å². The van der Waals surface area contributed by atoms with Gasteiger partial charge in [-0.2, -0.15) is 0 Å². The number of thioether (sulfide) groups is 1. The number of hydrogen-bond acceptors (Lipinski definition) is 4. The van der Waals surface area contributed by atoms with E-state index < -0.39 is 14.8 Å². The summed E-state index contributed by atoms with van der Waals surface area (Å²) in [5.74, 6) is 0.211. The van der Waals surface area contributed by atoms with E-state index in [9.17, 15) is 13.2 Å². The summed E-state index contributed by atoms with van der Waals surface area (Å²) < 4.78 is 27.6. The minimum absolute atomic E-state index is 0.0782. The molecule has 3 fully saturated rings. The number of carbonyl (C=O) groups is 1. The van der Waals surface area contributed by atoms with Gasteiger partial charge in [-0.15, -0.1) is 18.3 Å². The van der Waals surface area contributed by atoms with Gasteiger partial charge in [0.15, 0.2) is 0 Å². The van der Waals surface area contributed by atoms with Gasteiger partial charge in [0.2, 0.25) is 10.0 Å². The Bertz CT molecular complexity index is 1180. The highest BCUT2D eigenvalue weighted by Gasteiger charge is 2.73. The average Bonchev–Trinajstić information content (AvgIpc) is 3.27. The van der Waals surface area contributed by atoms with Crippen molar-refractivity contribution in [1.82, 2.24) is 4.31 Å². The van der Waals surface area contributed by atoms with Crippen LogP contribution in [0, 0.1) is 16.7 Å². The molecule has 33 heavy (non-hydrogen) atoms. The first-order valence-electron chi connectivity index (χ1n) is 11.6. The Morgan fingerprint density at radius 3 is 2.39 bits per heavy atom. The lowest BCUT2D eigenvalue weighted by atomic mass is 9.69. The highest BCUT2D eigenvalue weighted by molar-refractivity contribution is 8.01. The lowest BCUT2D eigenvalue weighted by Crippen LogP contribution is -2.51. The van der Waals surface area contributed by atoms with E-state index in [2.05, 4.69) is 20.4 Å². The number of amides is 1. The standard InChI is InChI=1S/C27H31NO3S2/c1-4-16-27(20-11-7-5-8-12-20,32-22-13-9-6-10-14-22)24(29)28-23-18-21-15-17-26(23,25(21,2)3)19-33(28,30)31/h4-14,21,23H,1,15-19H2,2-3H3/t21-,23-,26-,27-/m1/s1. The molecule has 0 N–H and O–H groups in total. The molecule has 2 bridgehead atoms. The molecule has 4 nitrogen and oxygen atoms in total. The molecule has 6 heteroatoms. The summed E-state index contributed by atoms with van der Waals surface area (Å²) in [6.07, 6.45) is 4.78. The van der Waals surface area contributed by atoms with E-state index in [0.29, 0.717) is 12.3 Å². The molecule has 2 aromatic rings. The van der Waals surface area contributed by atoms with E-state index in [1.807, 2.05) is 60.7 Å². The Kier molecular flexibility index (Phi) is 5.33. The highest BCUT2D eigenvalue weighted by Crippen LogP contribution is 2.70. The van der Waals surface area contributed by atoms with Gasteiger partial charge in [-0.1, -0.05) is 68.5 Å². The third kappa shape index (κ3) is 3.17. The summed E-state index contributed by atoms with van der Waals surface area (Å²) in [6.45, 7) is 8.37. The van der Waals surface area contributed by atoms with Crippen LogP contribution < -0.4 is 0 Å². The molecule has 1 amide bonds. The summed E-state index contributed by atoms with van der Waals surface area (Å²) in [4.78, 5) is 15.5. The van der Waals surface area contributed by atoms with E-state index in [1.54, 1.807) is 6.08 Å². The molecule has 0 radical (unpaired) electrons. The Hall–Kier alpha value is -2.05. The van der Waals surface area contributed by atoms with Gasteiger partial charge in [-0.25, -0.2) is 12.7 Å². The monoisotopic (exact) mass is 481 g/mol. The average molecular weight is 482 g/mol. The van der Waals surface area contributed by atoms with Crippen molar-refractivity contribution in [1.29, 1.82) is 0 Å². The second-order valence-corrected chi connectivity index (χ2v) is 13.5. The molecule has 1 aliphatic heterocycles. The zero-order valence-corrected chi connectivity index (χ0v) is 20.9. The second-order valence-electron chi connectivity index (χ2n) is 10.3. The third-order valence-corrected chi connectivity index (χ3v) is 12.0. The molecule has 5 rings (SSSR count). The third-order valence-electron chi connectivity index (χ3n) is 8.66. The second kappa shape index (κ2) is 7.74. The molecular weight excluding hydrogens is 450 g/mol. The van der Waals surface area contributed by atoms with E-state index in [0.717, 1.165) is 29.7 Å². The largest absolute Gasteiger partial charge is 0.272 e. The zero-order valence-electron chi connectivity index (χ0n) is 19.2. The molecule has 4 atom stereocenters. The number of hydrogen-bond donors (Lipinski definition) is 0. The first-order valence-corrected chi connectivity index (χ1v) is 14.1. The molecule has 1 heterocycles. The van der Waals surface area contributed by atoms with Crippen LogP contribution in [0.25, 0.3) is 0 Å². The molecular formula is C27H31NO3S2. The van der Waals surface area contributed by atoms with Crippen molar-refractivity contribution in [2.75, 3.05) is 5.75 Å². The Labute approximate surface area is 201 Å². The lowest BCUT2D eigenvalue weighted by Gasteiger charge is -2.40. The summed E-state index contributed by atoms with van der Waals surface area (Å²) >= 11 is 1.43. The number of nitrogens with zero attached hydrogens (tertiary/aromatic N) is 1. The smallest absolute Gasteiger partial charge is 0.257 e. The van der Waals surface area contributed by atoms with Gasteiger partial charge in [0.05, 0.1) is 11.8 Å². The highest BCUT2D eigenvalue weighted by atomic mass is 32.2. The van der Waals surface area contributed by atoms with Gasteiger partial charge in [-0.3, -0.25) is 4.79 Å². The van der Waals surface area contributed by atoms with Crippen LogP contribution in [0.1, 0.15) is 45.1 Å². The fraction of sp³-hybridized carbons (Fsp3) is 0.444. The van der Waals surface area contributed by atoms with Crippen molar-refractivity contribution in [2.24, 2.45) is 16.7 Å². The van der Waals surface area contributed by atoms with Crippen molar-refractivity contribution >= 4 is 27.7 Å². The Morgan fingerprint density at radius 2 is 1.79 bits per heavy atom. The maximum absolute atomic E-state index is 14.6. The van der Waals surface area contributed by atoms with Crippen LogP contribution in [0.4, 0.5) is 0 Å².